The molecule has 7 heteroatoms. The van der Waals surface area contributed by atoms with E-state index in [9.17, 15) is 9.59 Å². The lowest BCUT2D eigenvalue weighted by molar-refractivity contribution is -0.120. The third kappa shape index (κ3) is 5.45. The van der Waals surface area contributed by atoms with E-state index >= 15 is 0 Å². The highest BCUT2D eigenvalue weighted by molar-refractivity contribution is 9.10. The van der Waals surface area contributed by atoms with Gasteiger partial charge in [-0.2, -0.15) is 0 Å². The third-order valence-electron chi connectivity index (χ3n) is 3.77. The van der Waals surface area contributed by atoms with Gasteiger partial charge in [-0.25, -0.2) is 0 Å². The normalized spacial score (nSPS) is 10.4. The minimum atomic E-state index is -0.336. The molecule has 0 fully saturated rings. The van der Waals surface area contributed by atoms with E-state index in [1.807, 2.05) is 36.4 Å². The largest absolute Gasteiger partial charge is 0.459 e. The lowest BCUT2D eigenvalue weighted by Crippen LogP contribution is -2.36. The van der Waals surface area contributed by atoms with Crippen LogP contribution in [0.2, 0.25) is 5.02 Å². The SMILES string of the molecule is O=C(CNC(=O)c1ccc(Cl)cc1)NCc1ccc(-c2ccc(Br)cc2)o1. The maximum atomic E-state index is 12.0. The summed E-state index contributed by atoms with van der Waals surface area (Å²) >= 11 is 9.18. The number of hydrogen-bond acceptors (Lipinski definition) is 3. The van der Waals surface area contributed by atoms with Gasteiger partial charge >= 0.3 is 0 Å². The van der Waals surface area contributed by atoms with E-state index in [-0.39, 0.29) is 24.9 Å². The van der Waals surface area contributed by atoms with Crippen LogP contribution in [-0.4, -0.2) is 18.4 Å². The predicted octanol–water partition coefficient (Wildman–Crippen LogP) is 4.41. The number of rotatable bonds is 6. The first kappa shape index (κ1) is 19.2. The molecule has 138 valence electrons. The Morgan fingerprint density at radius 2 is 1.63 bits per heavy atom. The molecule has 0 aliphatic rings. The average molecular weight is 448 g/mol. The van der Waals surface area contributed by atoms with Gasteiger partial charge in [0.15, 0.2) is 0 Å². The molecule has 3 aromatic rings. The van der Waals surface area contributed by atoms with Crippen LogP contribution in [0.3, 0.4) is 0 Å². The zero-order valence-electron chi connectivity index (χ0n) is 14.2. The van der Waals surface area contributed by atoms with Gasteiger partial charge in [0.25, 0.3) is 5.91 Å². The van der Waals surface area contributed by atoms with E-state index in [0.29, 0.717) is 16.3 Å². The Morgan fingerprint density at radius 1 is 0.926 bits per heavy atom. The molecule has 0 aliphatic heterocycles. The lowest BCUT2D eigenvalue weighted by atomic mass is 10.2. The molecule has 0 saturated carbocycles. The molecule has 5 nitrogen and oxygen atoms in total. The smallest absolute Gasteiger partial charge is 0.251 e. The van der Waals surface area contributed by atoms with Crippen LogP contribution in [0.5, 0.6) is 0 Å². The third-order valence-corrected chi connectivity index (χ3v) is 4.55. The van der Waals surface area contributed by atoms with E-state index in [1.165, 1.54) is 0 Å². The first-order valence-corrected chi connectivity index (χ1v) is 9.33. The maximum absolute atomic E-state index is 12.0. The second-order valence-electron chi connectivity index (χ2n) is 5.74. The zero-order valence-corrected chi connectivity index (χ0v) is 16.5. The zero-order chi connectivity index (χ0) is 19.2. The van der Waals surface area contributed by atoms with Crippen LogP contribution >= 0.6 is 27.5 Å². The second kappa shape index (κ2) is 8.88. The van der Waals surface area contributed by atoms with E-state index in [2.05, 4.69) is 26.6 Å². The molecule has 0 radical (unpaired) electrons. The minimum absolute atomic E-state index is 0.123. The molecule has 0 atom stereocenters. The summed E-state index contributed by atoms with van der Waals surface area (Å²) in [5.74, 6) is 0.712. The van der Waals surface area contributed by atoms with Crippen LogP contribution in [0.15, 0.2) is 69.6 Å². The molecular weight excluding hydrogens is 432 g/mol. The Bertz CT molecular complexity index is 937. The molecule has 2 N–H and O–H groups in total. The number of carbonyl (C=O) groups is 2. The Kier molecular flexibility index (Phi) is 6.32. The summed E-state index contributed by atoms with van der Waals surface area (Å²) in [7, 11) is 0. The van der Waals surface area contributed by atoms with Crippen molar-refractivity contribution in [2.45, 2.75) is 6.54 Å². The Labute approximate surface area is 169 Å². The summed E-state index contributed by atoms with van der Waals surface area (Å²) in [6, 6.07) is 17.9. The summed E-state index contributed by atoms with van der Waals surface area (Å²) in [4.78, 5) is 23.9. The van der Waals surface area contributed by atoms with Crippen LogP contribution in [0.25, 0.3) is 11.3 Å². The topological polar surface area (TPSA) is 71.3 Å². The van der Waals surface area contributed by atoms with Crippen LogP contribution in [0, 0.1) is 0 Å². The summed E-state index contributed by atoms with van der Waals surface area (Å²) < 4.78 is 6.73. The van der Waals surface area contributed by atoms with Crippen LogP contribution in [0.1, 0.15) is 16.1 Å². The van der Waals surface area contributed by atoms with E-state index in [4.69, 9.17) is 16.0 Å². The molecule has 3 rings (SSSR count). The standard InChI is InChI=1S/C20H16BrClN2O3/c21-15-5-1-13(2-6-15)18-10-9-17(27-18)11-23-19(25)12-24-20(26)14-3-7-16(22)8-4-14/h1-10H,11-12H2,(H,23,25)(H,24,26). The van der Waals surface area contributed by atoms with E-state index in [1.54, 1.807) is 24.3 Å². The number of benzene rings is 2. The quantitative estimate of drug-likeness (QED) is 0.588. The molecule has 1 aromatic heterocycles. The van der Waals surface area contributed by atoms with Crippen molar-refractivity contribution in [3.05, 3.63) is 81.5 Å². The molecule has 0 saturated heterocycles. The van der Waals surface area contributed by atoms with Crippen molar-refractivity contribution < 1.29 is 14.0 Å². The van der Waals surface area contributed by atoms with Gasteiger partial charge in [-0.05, 0) is 48.5 Å². The first-order chi connectivity index (χ1) is 13.0. The van der Waals surface area contributed by atoms with Crippen molar-refractivity contribution in [3.8, 4) is 11.3 Å². The molecule has 1 heterocycles. The number of furan rings is 1. The van der Waals surface area contributed by atoms with Crippen LogP contribution in [0.4, 0.5) is 0 Å². The molecule has 0 bridgehead atoms. The van der Waals surface area contributed by atoms with Crippen molar-refractivity contribution in [3.63, 3.8) is 0 Å². The number of hydrogen-bond donors (Lipinski definition) is 2. The number of amides is 2. The summed E-state index contributed by atoms with van der Waals surface area (Å²) in [6.45, 7) is 0.119. The number of carbonyl (C=O) groups excluding carboxylic acids is 2. The molecule has 2 aromatic carbocycles. The summed E-state index contributed by atoms with van der Waals surface area (Å²) in [6.07, 6.45) is 0. The lowest BCUT2D eigenvalue weighted by Gasteiger charge is -2.06. The van der Waals surface area contributed by atoms with Crippen LogP contribution < -0.4 is 10.6 Å². The predicted molar refractivity (Wildman–Crippen MR) is 107 cm³/mol. The minimum Gasteiger partial charge on any atom is -0.459 e. The fourth-order valence-corrected chi connectivity index (χ4v) is 2.74. The van der Waals surface area contributed by atoms with Crippen molar-refractivity contribution >= 4 is 39.3 Å². The van der Waals surface area contributed by atoms with Gasteiger partial charge in [-0.1, -0.05) is 39.7 Å². The maximum Gasteiger partial charge on any atom is 0.251 e. The van der Waals surface area contributed by atoms with Gasteiger partial charge in [-0.3, -0.25) is 9.59 Å². The molecule has 0 unspecified atom stereocenters. The summed E-state index contributed by atoms with van der Waals surface area (Å²) in [5, 5.41) is 5.82. The van der Waals surface area contributed by atoms with Gasteiger partial charge in [0.2, 0.25) is 5.91 Å². The van der Waals surface area contributed by atoms with Gasteiger partial charge < -0.3 is 15.1 Å². The van der Waals surface area contributed by atoms with Crippen molar-refractivity contribution in [2.24, 2.45) is 0 Å². The van der Waals surface area contributed by atoms with Crippen LogP contribution in [-0.2, 0) is 11.3 Å². The first-order valence-electron chi connectivity index (χ1n) is 8.16. The van der Waals surface area contributed by atoms with Gasteiger partial charge in [0, 0.05) is 20.6 Å². The van der Waals surface area contributed by atoms with Crippen molar-refractivity contribution in [1.29, 1.82) is 0 Å². The Balaban J connectivity index is 1.47. The highest BCUT2D eigenvalue weighted by atomic mass is 79.9. The Hall–Kier alpha value is -2.57. The fraction of sp³-hybridized carbons (Fsp3) is 0.100. The van der Waals surface area contributed by atoms with Gasteiger partial charge in [-0.15, -0.1) is 0 Å². The molecule has 2 amide bonds. The second-order valence-corrected chi connectivity index (χ2v) is 7.09. The highest BCUT2D eigenvalue weighted by Crippen LogP contribution is 2.23. The van der Waals surface area contributed by atoms with E-state index < -0.39 is 0 Å². The fourth-order valence-electron chi connectivity index (χ4n) is 2.35. The average Bonchev–Trinajstić information content (AvgIpc) is 3.14. The molecular formula is C20H16BrClN2O3. The summed E-state index contributed by atoms with van der Waals surface area (Å²) in [5.41, 5.74) is 1.39. The van der Waals surface area contributed by atoms with Gasteiger partial charge in [0.05, 0.1) is 13.1 Å². The van der Waals surface area contributed by atoms with Crippen molar-refractivity contribution in [2.75, 3.05) is 6.54 Å². The van der Waals surface area contributed by atoms with E-state index in [0.717, 1.165) is 15.8 Å². The Morgan fingerprint density at radius 3 is 2.33 bits per heavy atom. The molecule has 0 spiro atoms. The van der Waals surface area contributed by atoms with Crippen molar-refractivity contribution in [1.82, 2.24) is 10.6 Å². The van der Waals surface area contributed by atoms with Gasteiger partial charge in [0.1, 0.15) is 11.5 Å². The monoisotopic (exact) mass is 446 g/mol. The highest BCUT2D eigenvalue weighted by Gasteiger charge is 2.09. The molecule has 27 heavy (non-hydrogen) atoms. The number of nitrogens with one attached hydrogen (secondary N) is 2. The molecule has 0 aliphatic carbocycles. The number of halogens is 2.